The minimum Gasteiger partial charge on any atom is -0.339 e. The van der Waals surface area contributed by atoms with E-state index in [1.54, 1.807) is 0 Å². The van der Waals surface area contributed by atoms with E-state index >= 15 is 0 Å². The Morgan fingerprint density at radius 2 is 2.10 bits per heavy atom. The molecule has 1 heterocycles. The summed E-state index contributed by atoms with van der Waals surface area (Å²) in [7, 11) is 2.00. The van der Waals surface area contributed by atoms with Gasteiger partial charge in [-0.1, -0.05) is 6.07 Å². The number of hydrogen-bond donors (Lipinski definition) is 1. The third-order valence-corrected chi connectivity index (χ3v) is 5.37. The van der Waals surface area contributed by atoms with Crippen molar-refractivity contribution in [3.05, 3.63) is 32.9 Å². The zero-order valence-electron chi connectivity index (χ0n) is 12.3. The lowest BCUT2D eigenvalue weighted by molar-refractivity contribution is 0.0686. The molecule has 1 N–H and O–H groups in total. The summed E-state index contributed by atoms with van der Waals surface area (Å²) in [6.45, 7) is 4.92. The van der Waals surface area contributed by atoms with Crippen LogP contribution >= 0.6 is 22.6 Å². The molecule has 0 unspecified atom stereocenters. The first-order valence-electron chi connectivity index (χ1n) is 7.32. The maximum Gasteiger partial charge on any atom is 0.254 e. The van der Waals surface area contributed by atoms with Gasteiger partial charge in [0.25, 0.3) is 5.91 Å². The van der Waals surface area contributed by atoms with Crippen molar-refractivity contribution in [2.45, 2.75) is 26.2 Å². The lowest BCUT2D eigenvalue weighted by Gasteiger charge is -2.32. The van der Waals surface area contributed by atoms with Crippen LogP contribution in [0.4, 0.5) is 0 Å². The molecule has 20 heavy (non-hydrogen) atoms. The van der Waals surface area contributed by atoms with E-state index in [1.807, 2.05) is 31.0 Å². The third kappa shape index (κ3) is 3.73. The molecule has 0 radical (unpaired) electrons. The summed E-state index contributed by atoms with van der Waals surface area (Å²) in [6.07, 6.45) is 3.49. The average molecular weight is 386 g/mol. The molecule has 0 saturated carbocycles. The molecule has 110 valence electrons. The Morgan fingerprint density at radius 3 is 2.75 bits per heavy atom. The number of carbonyl (C=O) groups is 1. The first-order valence-corrected chi connectivity index (χ1v) is 8.40. The number of nitrogens with zero attached hydrogens (tertiary/aromatic N) is 1. The summed E-state index contributed by atoms with van der Waals surface area (Å²) in [5, 5.41) is 3.21. The summed E-state index contributed by atoms with van der Waals surface area (Å²) >= 11 is 2.29. The van der Waals surface area contributed by atoms with E-state index in [0.29, 0.717) is 0 Å². The Hall–Kier alpha value is -0.620. The normalized spacial score (nSPS) is 16.4. The van der Waals surface area contributed by atoms with Crippen molar-refractivity contribution in [3.8, 4) is 0 Å². The van der Waals surface area contributed by atoms with E-state index in [4.69, 9.17) is 0 Å². The van der Waals surface area contributed by atoms with Crippen LogP contribution in [-0.4, -0.2) is 37.5 Å². The van der Waals surface area contributed by atoms with Gasteiger partial charge < -0.3 is 10.2 Å². The molecule has 0 aliphatic carbocycles. The molecule has 4 heteroatoms. The van der Waals surface area contributed by atoms with E-state index < -0.39 is 0 Å². The van der Waals surface area contributed by atoms with Gasteiger partial charge in [-0.3, -0.25) is 4.79 Å². The molecule has 1 fully saturated rings. The van der Waals surface area contributed by atoms with Crippen LogP contribution < -0.4 is 5.32 Å². The Balaban J connectivity index is 1.96. The summed E-state index contributed by atoms with van der Waals surface area (Å²) in [5.41, 5.74) is 1.97. The molecule has 0 atom stereocenters. The predicted octanol–water partition coefficient (Wildman–Crippen LogP) is 3.06. The SMILES string of the molecule is CNCCC1CCN(C(=O)c2cccc(I)c2C)CC1. The number of carbonyl (C=O) groups excluding carboxylic acids is 1. The van der Waals surface area contributed by atoms with Crippen LogP contribution in [0, 0.1) is 16.4 Å². The first kappa shape index (κ1) is 15.8. The number of benzene rings is 1. The summed E-state index contributed by atoms with van der Waals surface area (Å²) in [4.78, 5) is 14.6. The van der Waals surface area contributed by atoms with Crippen molar-refractivity contribution < 1.29 is 4.79 Å². The minimum atomic E-state index is 0.202. The van der Waals surface area contributed by atoms with Crippen LogP contribution in [0.2, 0.25) is 0 Å². The van der Waals surface area contributed by atoms with Crippen molar-refractivity contribution in [3.63, 3.8) is 0 Å². The van der Waals surface area contributed by atoms with Gasteiger partial charge >= 0.3 is 0 Å². The van der Waals surface area contributed by atoms with Crippen LogP contribution in [0.25, 0.3) is 0 Å². The van der Waals surface area contributed by atoms with Gasteiger partial charge in [-0.05, 0) is 86.0 Å². The molecule has 0 spiro atoms. The maximum atomic E-state index is 12.6. The molecule has 1 amide bonds. The number of rotatable bonds is 4. The van der Waals surface area contributed by atoms with Gasteiger partial charge in [-0.15, -0.1) is 0 Å². The molecule has 1 aromatic carbocycles. The van der Waals surface area contributed by atoms with Crippen LogP contribution in [0.1, 0.15) is 35.2 Å². The van der Waals surface area contributed by atoms with Crippen molar-refractivity contribution in [1.29, 1.82) is 0 Å². The molecule has 1 saturated heterocycles. The Bertz CT molecular complexity index is 468. The van der Waals surface area contributed by atoms with Crippen LogP contribution in [0.15, 0.2) is 18.2 Å². The van der Waals surface area contributed by atoms with E-state index in [9.17, 15) is 4.79 Å². The summed E-state index contributed by atoms with van der Waals surface area (Å²) < 4.78 is 1.16. The van der Waals surface area contributed by atoms with Gasteiger partial charge in [-0.2, -0.15) is 0 Å². The van der Waals surface area contributed by atoms with E-state index in [-0.39, 0.29) is 5.91 Å². The number of nitrogens with one attached hydrogen (secondary N) is 1. The molecule has 1 aliphatic rings. The fourth-order valence-electron chi connectivity index (χ4n) is 2.78. The molecular formula is C16H23IN2O. The van der Waals surface area contributed by atoms with Crippen LogP contribution in [-0.2, 0) is 0 Å². The Morgan fingerprint density at radius 1 is 1.40 bits per heavy atom. The van der Waals surface area contributed by atoms with E-state index in [2.05, 4.69) is 34.0 Å². The smallest absolute Gasteiger partial charge is 0.254 e. The van der Waals surface area contributed by atoms with Gasteiger partial charge in [0.05, 0.1) is 0 Å². The molecule has 0 aromatic heterocycles. The van der Waals surface area contributed by atoms with Gasteiger partial charge in [0.15, 0.2) is 0 Å². The number of likely N-dealkylation sites (tertiary alicyclic amines) is 1. The van der Waals surface area contributed by atoms with Crippen molar-refractivity contribution in [2.24, 2.45) is 5.92 Å². The summed E-state index contributed by atoms with van der Waals surface area (Å²) in [6, 6.07) is 5.98. The fourth-order valence-corrected chi connectivity index (χ4v) is 3.28. The largest absolute Gasteiger partial charge is 0.339 e. The predicted molar refractivity (Wildman–Crippen MR) is 91.1 cm³/mol. The second-order valence-electron chi connectivity index (χ2n) is 5.54. The van der Waals surface area contributed by atoms with Gasteiger partial charge in [0.1, 0.15) is 0 Å². The second-order valence-corrected chi connectivity index (χ2v) is 6.70. The van der Waals surface area contributed by atoms with Gasteiger partial charge in [0.2, 0.25) is 0 Å². The molecule has 1 aliphatic heterocycles. The van der Waals surface area contributed by atoms with Crippen LogP contribution in [0.3, 0.4) is 0 Å². The molecule has 2 rings (SSSR count). The number of piperidine rings is 1. The second kappa shape index (κ2) is 7.41. The van der Waals surface area contributed by atoms with Crippen LogP contribution in [0.5, 0.6) is 0 Å². The van der Waals surface area contributed by atoms with E-state index in [0.717, 1.165) is 53.1 Å². The lowest BCUT2D eigenvalue weighted by Crippen LogP contribution is -2.39. The minimum absolute atomic E-state index is 0.202. The summed E-state index contributed by atoms with van der Waals surface area (Å²) in [5.74, 6) is 0.969. The van der Waals surface area contributed by atoms with Crippen molar-refractivity contribution >= 4 is 28.5 Å². The molecule has 0 bridgehead atoms. The lowest BCUT2D eigenvalue weighted by atomic mass is 9.93. The van der Waals surface area contributed by atoms with E-state index in [1.165, 1.54) is 6.42 Å². The highest BCUT2D eigenvalue weighted by molar-refractivity contribution is 14.1. The number of hydrogen-bond acceptors (Lipinski definition) is 2. The number of amides is 1. The van der Waals surface area contributed by atoms with Gasteiger partial charge in [-0.25, -0.2) is 0 Å². The highest BCUT2D eigenvalue weighted by atomic mass is 127. The zero-order valence-corrected chi connectivity index (χ0v) is 14.4. The maximum absolute atomic E-state index is 12.6. The molecule has 3 nitrogen and oxygen atoms in total. The zero-order chi connectivity index (χ0) is 14.5. The Labute approximate surface area is 135 Å². The monoisotopic (exact) mass is 386 g/mol. The third-order valence-electron chi connectivity index (χ3n) is 4.20. The highest BCUT2D eigenvalue weighted by Crippen LogP contribution is 2.23. The highest BCUT2D eigenvalue weighted by Gasteiger charge is 2.24. The first-order chi connectivity index (χ1) is 9.63. The average Bonchev–Trinajstić information content (AvgIpc) is 2.48. The molecule has 1 aromatic rings. The van der Waals surface area contributed by atoms with Crippen molar-refractivity contribution in [2.75, 3.05) is 26.7 Å². The fraction of sp³-hybridized carbons (Fsp3) is 0.562. The molecular weight excluding hydrogens is 363 g/mol. The standard InChI is InChI=1S/C16H23IN2O/c1-12-14(4-3-5-15(12)17)16(20)19-10-7-13(8-11-19)6-9-18-2/h3-5,13,18H,6-11H2,1-2H3. The quantitative estimate of drug-likeness (QED) is 0.807. The topological polar surface area (TPSA) is 32.3 Å². The van der Waals surface area contributed by atoms with Gasteiger partial charge in [0, 0.05) is 22.2 Å². The number of halogens is 1. The Kier molecular flexibility index (Phi) is 5.84. The van der Waals surface area contributed by atoms with Crippen molar-refractivity contribution in [1.82, 2.24) is 10.2 Å².